The number of anilines is 1. The van der Waals surface area contributed by atoms with Crippen LogP contribution in [0.1, 0.15) is 40.1 Å². The Morgan fingerprint density at radius 2 is 2.10 bits per heavy atom. The van der Waals surface area contributed by atoms with Crippen LogP contribution in [0.4, 0.5) is 5.69 Å². The molecule has 0 spiro atoms. The molecule has 0 aliphatic carbocycles. The van der Waals surface area contributed by atoms with Crippen molar-refractivity contribution in [3.8, 4) is 0 Å². The van der Waals surface area contributed by atoms with Gasteiger partial charge in [-0.05, 0) is 18.6 Å². The SMILES string of the molecule is CCCc1nc(C(=O)Nc2ccccc2C(=O)OC)n[nH]1. The van der Waals surface area contributed by atoms with Crippen molar-refractivity contribution < 1.29 is 14.3 Å². The Kier molecular flexibility index (Phi) is 4.65. The minimum Gasteiger partial charge on any atom is -0.465 e. The number of amides is 1. The maximum atomic E-state index is 12.1. The van der Waals surface area contributed by atoms with E-state index in [4.69, 9.17) is 0 Å². The quantitative estimate of drug-likeness (QED) is 0.818. The van der Waals surface area contributed by atoms with Crippen molar-refractivity contribution in [3.63, 3.8) is 0 Å². The minimum absolute atomic E-state index is 0.0399. The molecule has 0 bridgehead atoms. The number of H-pyrrole nitrogens is 1. The lowest BCUT2D eigenvalue weighted by atomic mass is 10.2. The maximum Gasteiger partial charge on any atom is 0.339 e. The Hall–Kier alpha value is -2.70. The van der Waals surface area contributed by atoms with Crippen LogP contribution in [0.15, 0.2) is 24.3 Å². The molecule has 21 heavy (non-hydrogen) atoms. The van der Waals surface area contributed by atoms with Crippen molar-refractivity contribution in [1.29, 1.82) is 0 Å². The first-order valence-corrected chi connectivity index (χ1v) is 6.55. The van der Waals surface area contributed by atoms with Crippen molar-refractivity contribution in [2.45, 2.75) is 19.8 Å². The van der Waals surface area contributed by atoms with Gasteiger partial charge in [-0.3, -0.25) is 9.89 Å². The highest BCUT2D eigenvalue weighted by Crippen LogP contribution is 2.16. The fourth-order valence-electron chi connectivity index (χ4n) is 1.80. The Morgan fingerprint density at radius 3 is 2.81 bits per heavy atom. The van der Waals surface area contributed by atoms with Gasteiger partial charge >= 0.3 is 5.97 Å². The number of methoxy groups -OCH3 is 1. The zero-order valence-corrected chi connectivity index (χ0v) is 11.8. The Labute approximate surface area is 121 Å². The molecule has 1 aromatic heterocycles. The van der Waals surface area contributed by atoms with Crippen LogP contribution in [-0.4, -0.2) is 34.2 Å². The summed E-state index contributed by atoms with van der Waals surface area (Å²) in [5.41, 5.74) is 0.633. The molecule has 0 radical (unpaired) electrons. The van der Waals surface area contributed by atoms with Gasteiger partial charge in [-0.2, -0.15) is 0 Å². The highest BCUT2D eigenvalue weighted by molar-refractivity contribution is 6.06. The van der Waals surface area contributed by atoms with Crippen LogP contribution in [0.2, 0.25) is 0 Å². The summed E-state index contributed by atoms with van der Waals surface area (Å²) in [6.45, 7) is 2.01. The van der Waals surface area contributed by atoms with E-state index in [-0.39, 0.29) is 11.4 Å². The van der Waals surface area contributed by atoms with Crippen LogP contribution in [0.25, 0.3) is 0 Å². The first-order chi connectivity index (χ1) is 10.2. The summed E-state index contributed by atoms with van der Waals surface area (Å²) in [6, 6.07) is 6.59. The van der Waals surface area contributed by atoms with E-state index < -0.39 is 11.9 Å². The maximum absolute atomic E-state index is 12.1. The van der Waals surface area contributed by atoms with E-state index in [1.165, 1.54) is 7.11 Å². The molecule has 0 unspecified atom stereocenters. The fourth-order valence-corrected chi connectivity index (χ4v) is 1.80. The van der Waals surface area contributed by atoms with Crippen molar-refractivity contribution in [2.24, 2.45) is 0 Å². The number of ether oxygens (including phenoxy) is 1. The van der Waals surface area contributed by atoms with Crippen molar-refractivity contribution >= 4 is 17.6 Å². The number of aryl methyl sites for hydroxylation is 1. The molecule has 1 amide bonds. The lowest BCUT2D eigenvalue weighted by molar-refractivity contribution is 0.0602. The second kappa shape index (κ2) is 6.65. The molecular weight excluding hydrogens is 272 g/mol. The molecule has 7 nitrogen and oxygen atoms in total. The summed E-state index contributed by atoms with van der Waals surface area (Å²) < 4.78 is 4.67. The second-order valence-corrected chi connectivity index (χ2v) is 4.35. The van der Waals surface area contributed by atoms with Gasteiger partial charge in [0.25, 0.3) is 5.91 Å². The number of para-hydroxylation sites is 1. The summed E-state index contributed by atoms with van der Waals surface area (Å²) >= 11 is 0. The monoisotopic (exact) mass is 288 g/mol. The molecule has 1 heterocycles. The van der Waals surface area contributed by atoms with Gasteiger partial charge in [0.05, 0.1) is 18.4 Å². The summed E-state index contributed by atoms with van der Waals surface area (Å²) in [5, 5.41) is 9.18. The normalized spacial score (nSPS) is 10.2. The zero-order chi connectivity index (χ0) is 15.2. The van der Waals surface area contributed by atoms with E-state index in [9.17, 15) is 9.59 Å². The standard InChI is InChI=1S/C14H16N4O3/c1-3-6-11-16-12(18-17-11)13(19)15-10-8-5-4-7-9(10)14(20)21-2/h4-5,7-8H,3,6H2,1-2H3,(H,15,19)(H,16,17,18). The van der Waals surface area contributed by atoms with Crippen LogP contribution in [0.3, 0.4) is 0 Å². The number of aromatic nitrogens is 3. The molecule has 2 N–H and O–H groups in total. The van der Waals surface area contributed by atoms with Crippen LogP contribution in [0, 0.1) is 0 Å². The number of aromatic amines is 1. The van der Waals surface area contributed by atoms with E-state index in [1.54, 1.807) is 24.3 Å². The minimum atomic E-state index is -0.521. The van der Waals surface area contributed by atoms with E-state index >= 15 is 0 Å². The third-order valence-electron chi connectivity index (χ3n) is 2.80. The average molecular weight is 288 g/mol. The van der Waals surface area contributed by atoms with Crippen LogP contribution in [0.5, 0.6) is 0 Å². The van der Waals surface area contributed by atoms with Crippen LogP contribution < -0.4 is 5.32 Å². The van der Waals surface area contributed by atoms with E-state index in [0.29, 0.717) is 11.5 Å². The highest BCUT2D eigenvalue weighted by atomic mass is 16.5. The first kappa shape index (κ1) is 14.7. The summed E-state index contributed by atoms with van der Waals surface area (Å²) in [4.78, 5) is 27.8. The first-order valence-electron chi connectivity index (χ1n) is 6.55. The lowest BCUT2D eigenvalue weighted by Gasteiger charge is -2.07. The molecule has 2 rings (SSSR count). The molecule has 7 heteroatoms. The largest absolute Gasteiger partial charge is 0.465 e. The smallest absolute Gasteiger partial charge is 0.339 e. The topological polar surface area (TPSA) is 97.0 Å². The Morgan fingerprint density at radius 1 is 1.33 bits per heavy atom. The van der Waals surface area contributed by atoms with Gasteiger partial charge in [0.15, 0.2) is 0 Å². The number of carbonyl (C=O) groups is 2. The third-order valence-corrected chi connectivity index (χ3v) is 2.80. The number of esters is 1. The number of benzene rings is 1. The Bertz CT molecular complexity index is 651. The lowest BCUT2D eigenvalue weighted by Crippen LogP contribution is -2.16. The number of hydrogen-bond donors (Lipinski definition) is 2. The van der Waals surface area contributed by atoms with E-state index in [1.807, 2.05) is 6.92 Å². The molecule has 2 aromatic rings. The zero-order valence-electron chi connectivity index (χ0n) is 11.8. The Balaban J connectivity index is 2.17. The molecule has 0 saturated carbocycles. The predicted molar refractivity (Wildman–Crippen MR) is 76.1 cm³/mol. The summed E-state index contributed by atoms with van der Waals surface area (Å²) in [7, 11) is 1.28. The molecular formula is C14H16N4O3. The van der Waals surface area contributed by atoms with Gasteiger partial charge in [0, 0.05) is 6.42 Å². The van der Waals surface area contributed by atoms with Gasteiger partial charge in [-0.25, -0.2) is 9.78 Å². The summed E-state index contributed by atoms with van der Waals surface area (Å²) in [5.74, 6) is -0.306. The van der Waals surface area contributed by atoms with Crippen LogP contribution in [-0.2, 0) is 11.2 Å². The van der Waals surface area contributed by atoms with Gasteiger partial charge < -0.3 is 10.1 Å². The van der Waals surface area contributed by atoms with Crippen LogP contribution >= 0.6 is 0 Å². The molecule has 1 aromatic carbocycles. The fraction of sp³-hybridized carbons (Fsp3) is 0.286. The predicted octanol–water partition coefficient (Wildman–Crippen LogP) is 1.80. The van der Waals surface area contributed by atoms with Gasteiger partial charge in [-0.15, -0.1) is 5.10 Å². The molecule has 0 atom stereocenters. The number of nitrogens with zero attached hydrogens (tertiary/aromatic N) is 2. The van der Waals surface area contributed by atoms with Crippen molar-refractivity contribution in [3.05, 3.63) is 41.5 Å². The van der Waals surface area contributed by atoms with Gasteiger partial charge in [-0.1, -0.05) is 19.1 Å². The van der Waals surface area contributed by atoms with E-state index in [0.717, 1.165) is 12.8 Å². The molecule has 0 fully saturated rings. The molecule has 0 saturated heterocycles. The third kappa shape index (κ3) is 3.44. The number of hydrogen-bond acceptors (Lipinski definition) is 5. The molecule has 0 aliphatic rings. The second-order valence-electron chi connectivity index (χ2n) is 4.35. The van der Waals surface area contributed by atoms with E-state index in [2.05, 4.69) is 25.2 Å². The van der Waals surface area contributed by atoms with Crippen molar-refractivity contribution in [2.75, 3.05) is 12.4 Å². The molecule has 0 aliphatic heterocycles. The van der Waals surface area contributed by atoms with Gasteiger partial charge in [0.1, 0.15) is 5.82 Å². The van der Waals surface area contributed by atoms with Crippen molar-refractivity contribution in [1.82, 2.24) is 15.2 Å². The number of rotatable bonds is 5. The number of nitrogens with one attached hydrogen (secondary N) is 2. The molecule has 110 valence electrons. The average Bonchev–Trinajstić information content (AvgIpc) is 2.96. The summed E-state index contributed by atoms with van der Waals surface area (Å²) in [6.07, 6.45) is 1.63. The number of carbonyl (C=O) groups excluding carboxylic acids is 2. The highest BCUT2D eigenvalue weighted by Gasteiger charge is 2.17. The van der Waals surface area contributed by atoms with Gasteiger partial charge in [0.2, 0.25) is 5.82 Å².